The standard InChI is InChI=1S/C14H20BrNO4/c1-14(8-17,9-18)16-13(19)6-4-10-3-5-12(20-2)11(15)7-10/h3,5,7,17-18H,4,6,8-9H2,1-2H3,(H,16,19). The van der Waals surface area contributed by atoms with E-state index in [-0.39, 0.29) is 25.5 Å². The summed E-state index contributed by atoms with van der Waals surface area (Å²) < 4.78 is 5.98. The molecule has 0 aliphatic rings. The Balaban J connectivity index is 2.55. The van der Waals surface area contributed by atoms with Gasteiger partial charge in [-0.1, -0.05) is 6.07 Å². The monoisotopic (exact) mass is 345 g/mol. The van der Waals surface area contributed by atoms with Gasteiger partial charge in [-0.2, -0.15) is 0 Å². The molecule has 112 valence electrons. The van der Waals surface area contributed by atoms with E-state index in [9.17, 15) is 4.79 Å². The zero-order chi connectivity index (χ0) is 15.2. The van der Waals surface area contributed by atoms with Gasteiger partial charge in [0.25, 0.3) is 0 Å². The van der Waals surface area contributed by atoms with Crippen molar-refractivity contribution in [2.24, 2.45) is 0 Å². The van der Waals surface area contributed by atoms with E-state index in [1.165, 1.54) is 0 Å². The van der Waals surface area contributed by atoms with Crippen LogP contribution in [0.4, 0.5) is 0 Å². The number of amides is 1. The van der Waals surface area contributed by atoms with Crippen molar-refractivity contribution >= 4 is 21.8 Å². The van der Waals surface area contributed by atoms with E-state index in [0.717, 1.165) is 15.8 Å². The summed E-state index contributed by atoms with van der Waals surface area (Å²) in [7, 11) is 1.60. The summed E-state index contributed by atoms with van der Waals surface area (Å²) in [6.07, 6.45) is 0.857. The molecule has 0 aromatic heterocycles. The molecule has 1 aromatic carbocycles. The molecule has 20 heavy (non-hydrogen) atoms. The number of carbonyl (C=O) groups excluding carboxylic acids is 1. The molecule has 5 nitrogen and oxygen atoms in total. The molecular weight excluding hydrogens is 326 g/mol. The SMILES string of the molecule is COc1ccc(CCC(=O)NC(C)(CO)CO)cc1Br. The number of halogens is 1. The van der Waals surface area contributed by atoms with Crippen molar-refractivity contribution in [2.45, 2.75) is 25.3 Å². The van der Waals surface area contributed by atoms with Crippen LogP contribution in [0.5, 0.6) is 5.75 Å². The number of aryl methyl sites for hydroxylation is 1. The van der Waals surface area contributed by atoms with E-state index < -0.39 is 5.54 Å². The number of aliphatic hydroxyl groups excluding tert-OH is 2. The van der Waals surface area contributed by atoms with E-state index in [0.29, 0.717) is 6.42 Å². The van der Waals surface area contributed by atoms with E-state index in [2.05, 4.69) is 21.2 Å². The normalized spacial score (nSPS) is 11.2. The maximum Gasteiger partial charge on any atom is 0.220 e. The van der Waals surface area contributed by atoms with Crippen molar-refractivity contribution in [1.29, 1.82) is 0 Å². The van der Waals surface area contributed by atoms with Crippen molar-refractivity contribution in [3.63, 3.8) is 0 Å². The smallest absolute Gasteiger partial charge is 0.220 e. The lowest BCUT2D eigenvalue weighted by molar-refractivity contribution is -0.124. The van der Waals surface area contributed by atoms with Crippen molar-refractivity contribution in [3.8, 4) is 5.75 Å². The highest BCUT2D eigenvalue weighted by atomic mass is 79.9. The summed E-state index contributed by atoms with van der Waals surface area (Å²) in [5.41, 5.74) is 0.0277. The lowest BCUT2D eigenvalue weighted by atomic mass is 10.0. The summed E-state index contributed by atoms with van der Waals surface area (Å²) in [5.74, 6) is 0.536. The summed E-state index contributed by atoms with van der Waals surface area (Å²) in [6, 6.07) is 5.64. The molecule has 0 atom stereocenters. The van der Waals surface area contributed by atoms with Crippen LogP contribution in [0.3, 0.4) is 0 Å². The molecular formula is C14H20BrNO4. The highest BCUT2D eigenvalue weighted by molar-refractivity contribution is 9.10. The summed E-state index contributed by atoms with van der Waals surface area (Å²) >= 11 is 3.39. The zero-order valence-corrected chi connectivity index (χ0v) is 13.2. The predicted octanol–water partition coefficient (Wildman–Crippen LogP) is 1.25. The molecule has 0 spiro atoms. The zero-order valence-electron chi connectivity index (χ0n) is 11.6. The van der Waals surface area contributed by atoms with Crippen LogP contribution < -0.4 is 10.1 Å². The molecule has 3 N–H and O–H groups in total. The molecule has 0 saturated carbocycles. The summed E-state index contributed by atoms with van der Waals surface area (Å²) in [5, 5.41) is 20.9. The van der Waals surface area contributed by atoms with Crippen LogP contribution in [0.15, 0.2) is 22.7 Å². The van der Waals surface area contributed by atoms with Gasteiger partial charge in [-0.25, -0.2) is 0 Å². The van der Waals surface area contributed by atoms with Gasteiger partial charge in [0.05, 0.1) is 30.3 Å². The molecule has 0 unspecified atom stereocenters. The number of aliphatic hydroxyl groups is 2. The second-order valence-corrected chi connectivity index (χ2v) is 5.75. The molecule has 0 fully saturated rings. The number of carbonyl (C=O) groups is 1. The van der Waals surface area contributed by atoms with E-state index >= 15 is 0 Å². The molecule has 0 heterocycles. The van der Waals surface area contributed by atoms with Gasteiger partial charge in [0.1, 0.15) is 5.75 Å². The third-order valence-corrected chi connectivity index (χ3v) is 3.62. The van der Waals surface area contributed by atoms with Crippen molar-refractivity contribution in [3.05, 3.63) is 28.2 Å². The molecule has 0 aliphatic carbocycles. The first kappa shape index (κ1) is 16.9. The van der Waals surface area contributed by atoms with Gasteiger partial charge in [0.2, 0.25) is 5.91 Å². The highest BCUT2D eigenvalue weighted by Crippen LogP contribution is 2.25. The van der Waals surface area contributed by atoms with Crippen LogP contribution in [0.1, 0.15) is 18.9 Å². The fourth-order valence-electron chi connectivity index (χ4n) is 1.65. The number of nitrogens with one attached hydrogen (secondary N) is 1. The number of methoxy groups -OCH3 is 1. The van der Waals surface area contributed by atoms with Gasteiger partial charge < -0.3 is 20.3 Å². The van der Waals surface area contributed by atoms with Gasteiger partial charge in [-0.15, -0.1) is 0 Å². The Bertz CT molecular complexity index is 460. The maximum absolute atomic E-state index is 11.8. The van der Waals surface area contributed by atoms with Crippen LogP contribution in [0, 0.1) is 0 Å². The van der Waals surface area contributed by atoms with Gasteiger partial charge in [0.15, 0.2) is 0 Å². The minimum absolute atomic E-state index is 0.206. The predicted molar refractivity (Wildman–Crippen MR) is 79.7 cm³/mol. The van der Waals surface area contributed by atoms with E-state index in [4.69, 9.17) is 14.9 Å². The molecule has 0 radical (unpaired) electrons. The number of rotatable bonds is 7. The largest absolute Gasteiger partial charge is 0.496 e. The molecule has 1 aromatic rings. The summed E-state index contributed by atoms with van der Waals surface area (Å²) in [4.78, 5) is 11.8. The Morgan fingerprint density at radius 1 is 1.40 bits per heavy atom. The van der Waals surface area contributed by atoms with Crippen molar-refractivity contribution in [1.82, 2.24) is 5.32 Å². The Morgan fingerprint density at radius 3 is 2.55 bits per heavy atom. The second-order valence-electron chi connectivity index (χ2n) is 4.89. The maximum atomic E-state index is 11.8. The van der Waals surface area contributed by atoms with Crippen LogP contribution in [0.25, 0.3) is 0 Å². The number of hydrogen-bond acceptors (Lipinski definition) is 4. The molecule has 0 bridgehead atoms. The fraction of sp³-hybridized carbons (Fsp3) is 0.500. The fourth-order valence-corrected chi connectivity index (χ4v) is 2.24. The Kier molecular flexibility index (Phi) is 6.45. The van der Waals surface area contributed by atoms with Crippen LogP contribution in [0.2, 0.25) is 0 Å². The molecule has 1 rings (SSSR count). The third kappa shape index (κ3) is 4.77. The Hall–Kier alpha value is -1.11. The Morgan fingerprint density at radius 2 is 2.05 bits per heavy atom. The van der Waals surface area contributed by atoms with Crippen LogP contribution in [-0.2, 0) is 11.2 Å². The lowest BCUT2D eigenvalue weighted by Crippen LogP contribution is -2.51. The van der Waals surface area contributed by atoms with Gasteiger partial charge in [-0.3, -0.25) is 4.79 Å². The molecule has 0 aliphatic heterocycles. The molecule has 1 amide bonds. The minimum Gasteiger partial charge on any atom is -0.496 e. The van der Waals surface area contributed by atoms with Gasteiger partial charge in [0, 0.05) is 6.42 Å². The third-order valence-electron chi connectivity index (χ3n) is 3.00. The average Bonchev–Trinajstić information content (AvgIpc) is 2.45. The number of hydrogen-bond donors (Lipinski definition) is 3. The molecule has 6 heteroatoms. The second kappa shape index (κ2) is 7.61. The number of benzene rings is 1. The highest BCUT2D eigenvalue weighted by Gasteiger charge is 2.24. The Labute approximate surface area is 127 Å². The number of ether oxygens (including phenoxy) is 1. The van der Waals surface area contributed by atoms with E-state index in [1.807, 2.05) is 18.2 Å². The summed E-state index contributed by atoms with van der Waals surface area (Å²) in [6.45, 7) is 0.988. The minimum atomic E-state index is -0.975. The average molecular weight is 346 g/mol. The first-order valence-corrected chi connectivity index (χ1v) is 7.08. The lowest BCUT2D eigenvalue weighted by Gasteiger charge is -2.26. The first-order valence-electron chi connectivity index (χ1n) is 6.29. The quantitative estimate of drug-likeness (QED) is 0.694. The van der Waals surface area contributed by atoms with Gasteiger partial charge in [-0.05, 0) is 47.0 Å². The first-order chi connectivity index (χ1) is 9.44. The topological polar surface area (TPSA) is 78.8 Å². The molecule has 0 saturated heterocycles. The van der Waals surface area contributed by atoms with Crippen LogP contribution >= 0.6 is 15.9 Å². The van der Waals surface area contributed by atoms with E-state index in [1.54, 1.807) is 14.0 Å². The van der Waals surface area contributed by atoms with Gasteiger partial charge >= 0.3 is 0 Å². The van der Waals surface area contributed by atoms with Crippen LogP contribution in [-0.4, -0.2) is 42.0 Å². The van der Waals surface area contributed by atoms with Crippen molar-refractivity contribution in [2.75, 3.05) is 20.3 Å². The van der Waals surface area contributed by atoms with Crippen molar-refractivity contribution < 1.29 is 19.7 Å².